The Bertz CT molecular complexity index is 1830. The first-order chi connectivity index (χ1) is 28.4. The molecule has 0 bridgehead atoms. The lowest BCUT2D eigenvalue weighted by Crippen LogP contribution is -2.59. The maximum absolute atomic E-state index is 14.4. The number of rotatable bonds is 25. The molecule has 0 heterocycles. The summed E-state index contributed by atoms with van der Waals surface area (Å²) in [6.45, 7) is 7.09. The van der Waals surface area contributed by atoms with Gasteiger partial charge in [-0.2, -0.15) is 0 Å². The van der Waals surface area contributed by atoms with Crippen molar-refractivity contribution in [3.63, 3.8) is 0 Å². The molecule has 6 amide bonds. The largest absolute Gasteiger partial charge is 0.370 e. The number of unbranched alkanes of at least 4 members (excludes halogenated alkanes) is 3. The van der Waals surface area contributed by atoms with Gasteiger partial charge in [0.1, 0.15) is 30.0 Å². The Morgan fingerprint density at radius 1 is 0.733 bits per heavy atom. The number of aliphatic imine (C=N–C) groups is 2. The van der Waals surface area contributed by atoms with Gasteiger partial charge in [-0.05, 0) is 73.4 Å². The van der Waals surface area contributed by atoms with Crippen LogP contribution in [0.5, 0.6) is 0 Å². The van der Waals surface area contributed by atoms with E-state index in [2.05, 4.69) is 32.9 Å². The normalized spacial score (nSPS) is 13.0. The average molecular weight is 836 g/mol. The Balaban J connectivity index is 2.55. The van der Waals surface area contributed by atoms with Crippen LogP contribution in [-0.2, 0) is 41.6 Å². The Kier molecular flexibility index (Phi) is 21.5. The number of hydrogen-bond donors (Lipinski definition) is 8. The van der Waals surface area contributed by atoms with Crippen LogP contribution in [0.2, 0.25) is 0 Å². The van der Waals surface area contributed by atoms with E-state index in [1.54, 1.807) is 30.3 Å². The van der Waals surface area contributed by atoms with Crippen molar-refractivity contribution in [3.05, 3.63) is 77.6 Å². The van der Waals surface area contributed by atoms with E-state index in [1.165, 1.54) is 24.3 Å². The molecule has 60 heavy (non-hydrogen) atoms. The van der Waals surface area contributed by atoms with E-state index in [0.717, 1.165) is 37.5 Å². The summed E-state index contributed by atoms with van der Waals surface area (Å²) in [6.07, 6.45) is 7.29. The molecule has 2 rings (SSSR count). The fourth-order valence-electron chi connectivity index (χ4n) is 6.23. The predicted octanol–water partition coefficient (Wildman–Crippen LogP) is 1.83. The third-order valence-corrected chi connectivity index (χ3v) is 9.21. The molecular formula is C42H62FN11O6. The minimum atomic E-state index is -1.46. The highest BCUT2D eigenvalue weighted by atomic mass is 19.1. The number of benzene rings is 2. The number of carbonyl (C=O) groups excluding carboxylic acids is 6. The van der Waals surface area contributed by atoms with Crippen LogP contribution in [0.1, 0.15) is 90.2 Å². The Labute approximate surface area is 351 Å². The summed E-state index contributed by atoms with van der Waals surface area (Å²) in [6, 6.07) is 6.60. The zero-order chi connectivity index (χ0) is 44.8. The van der Waals surface area contributed by atoms with Crippen molar-refractivity contribution in [2.24, 2.45) is 44.6 Å². The van der Waals surface area contributed by atoms with Crippen LogP contribution in [0.15, 0.2) is 70.7 Å². The molecule has 0 aliphatic heterocycles. The lowest BCUT2D eigenvalue weighted by atomic mass is 9.99. The van der Waals surface area contributed by atoms with Crippen LogP contribution in [0, 0.1) is 11.7 Å². The molecule has 0 aromatic heterocycles. The number of imide groups is 1. The number of nitrogens with two attached hydrogens (primary N) is 5. The van der Waals surface area contributed by atoms with Crippen LogP contribution < -0.4 is 44.6 Å². The molecule has 0 saturated carbocycles. The van der Waals surface area contributed by atoms with E-state index in [0.29, 0.717) is 23.2 Å². The Morgan fingerprint density at radius 3 is 1.88 bits per heavy atom. The van der Waals surface area contributed by atoms with E-state index in [1.807, 2.05) is 19.9 Å². The van der Waals surface area contributed by atoms with Gasteiger partial charge in [0.05, 0.1) is 5.69 Å². The zero-order valence-corrected chi connectivity index (χ0v) is 35.0. The number of guanidine groups is 2. The van der Waals surface area contributed by atoms with Crippen LogP contribution in [0.25, 0.3) is 0 Å². The monoisotopic (exact) mass is 835 g/mol. The van der Waals surface area contributed by atoms with Crippen molar-refractivity contribution in [1.82, 2.24) is 20.9 Å². The van der Waals surface area contributed by atoms with Crippen LogP contribution in [0.4, 0.5) is 10.1 Å². The molecule has 13 N–H and O–H groups in total. The predicted molar refractivity (Wildman–Crippen MR) is 229 cm³/mol. The fraction of sp³-hybridized carbons (Fsp3) is 0.476. The highest BCUT2D eigenvalue weighted by molar-refractivity contribution is 6.01. The second kappa shape index (κ2) is 25.9. The molecule has 0 aliphatic carbocycles. The number of hydrogen-bond acceptors (Lipinski definition) is 8. The number of primary amides is 1. The summed E-state index contributed by atoms with van der Waals surface area (Å²) in [4.78, 5) is 90.3. The van der Waals surface area contributed by atoms with Gasteiger partial charge in [-0.1, -0.05) is 70.0 Å². The van der Waals surface area contributed by atoms with Crippen LogP contribution in [-0.4, -0.2) is 83.0 Å². The van der Waals surface area contributed by atoms with Crippen molar-refractivity contribution in [2.45, 2.75) is 116 Å². The molecule has 0 radical (unpaired) electrons. The van der Waals surface area contributed by atoms with Crippen LogP contribution in [0.3, 0.4) is 0 Å². The third kappa shape index (κ3) is 18.5. The molecule has 18 heteroatoms. The number of halogens is 1. The number of amides is 6. The van der Waals surface area contributed by atoms with Crippen molar-refractivity contribution < 1.29 is 33.2 Å². The smallest absolute Gasteiger partial charge is 0.244 e. The van der Waals surface area contributed by atoms with E-state index in [4.69, 9.17) is 28.7 Å². The highest BCUT2D eigenvalue weighted by Gasteiger charge is 2.36. The quantitative estimate of drug-likeness (QED) is 0.0311. The maximum Gasteiger partial charge on any atom is 0.244 e. The van der Waals surface area contributed by atoms with Gasteiger partial charge in [0, 0.05) is 32.7 Å². The fourth-order valence-corrected chi connectivity index (χ4v) is 6.23. The number of nitrogens with zero attached hydrogens (tertiary/aromatic N) is 3. The SMILES string of the molecule is CCCCC/C=C/CC(=O)N(C(C)=O)[C@@H](Cc1ccc(F)cc1)C(=O)N[C@@H](Cc1ccc(N=C(N)N)cc1)C(=O)N[C@@H](CC(C)C)C(=O)N[C@@H](CCCN=C(N)N)C(N)=O. The number of allylic oxidation sites excluding steroid dienone is 1. The van der Waals surface area contributed by atoms with E-state index in [-0.39, 0.29) is 56.5 Å². The second-order valence-corrected chi connectivity index (χ2v) is 14.9. The minimum Gasteiger partial charge on any atom is -0.370 e. The average Bonchev–Trinajstić information content (AvgIpc) is 3.17. The Morgan fingerprint density at radius 2 is 1.32 bits per heavy atom. The number of nitrogens with one attached hydrogen (secondary N) is 3. The first-order valence-corrected chi connectivity index (χ1v) is 20.1. The molecule has 2 aromatic rings. The standard InChI is InChI=1S/C42H62FN11O6/c1-5-6-7-8-9-10-13-36(56)54(27(4)55)35(25-29-14-18-30(43)19-15-29)40(60)53-34(24-28-16-20-31(21-17-28)50-42(47)48)39(59)52-33(23-26(2)3)38(58)51-32(37(44)57)12-11-22-49-41(45)46/h9-10,14-21,26,32-35H,5-8,11-13,22-25H2,1-4H3,(H2,44,57)(H,51,58)(H,52,59)(H,53,60)(H4,45,46,49)(H4,47,48,50)/b10-9+/t32-,33-,34-,35-/m0/s1. The highest BCUT2D eigenvalue weighted by Crippen LogP contribution is 2.17. The van der Waals surface area contributed by atoms with Crippen LogP contribution >= 0.6 is 0 Å². The molecule has 328 valence electrons. The van der Waals surface area contributed by atoms with Crippen molar-refractivity contribution in [2.75, 3.05) is 6.54 Å². The molecule has 0 aliphatic rings. The van der Waals surface area contributed by atoms with E-state index in [9.17, 15) is 33.2 Å². The van der Waals surface area contributed by atoms with E-state index < -0.39 is 65.4 Å². The van der Waals surface area contributed by atoms with Gasteiger partial charge in [-0.25, -0.2) is 9.38 Å². The number of carbonyl (C=O) groups is 6. The lowest BCUT2D eigenvalue weighted by Gasteiger charge is -2.31. The zero-order valence-electron chi connectivity index (χ0n) is 35.0. The van der Waals surface area contributed by atoms with Gasteiger partial charge in [0.25, 0.3) is 0 Å². The van der Waals surface area contributed by atoms with E-state index >= 15 is 0 Å². The topological polar surface area (TPSA) is 297 Å². The summed E-state index contributed by atoms with van der Waals surface area (Å²) < 4.78 is 13.9. The maximum atomic E-state index is 14.4. The summed E-state index contributed by atoms with van der Waals surface area (Å²) in [5.74, 6) is -5.45. The van der Waals surface area contributed by atoms with Gasteiger partial charge >= 0.3 is 0 Å². The van der Waals surface area contributed by atoms with Crippen molar-refractivity contribution in [3.8, 4) is 0 Å². The van der Waals surface area contributed by atoms with Crippen molar-refractivity contribution >= 4 is 53.0 Å². The first-order valence-electron chi connectivity index (χ1n) is 20.1. The summed E-state index contributed by atoms with van der Waals surface area (Å²) in [5.41, 5.74) is 28.8. The first kappa shape index (κ1) is 49.8. The summed E-state index contributed by atoms with van der Waals surface area (Å²) >= 11 is 0. The lowest BCUT2D eigenvalue weighted by molar-refractivity contribution is -0.151. The summed E-state index contributed by atoms with van der Waals surface area (Å²) in [7, 11) is 0. The van der Waals surface area contributed by atoms with Gasteiger partial charge in [0.2, 0.25) is 35.4 Å². The molecule has 0 saturated heterocycles. The van der Waals surface area contributed by atoms with Gasteiger partial charge < -0.3 is 44.6 Å². The molecular weight excluding hydrogens is 774 g/mol. The molecule has 0 fully saturated rings. The molecule has 4 atom stereocenters. The summed E-state index contributed by atoms with van der Waals surface area (Å²) in [5, 5.41) is 8.07. The molecule has 17 nitrogen and oxygen atoms in total. The molecule has 0 spiro atoms. The molecule has 2 aromatic carbocycles. The Hall–Kier alpha value is -6.33. The third-order valence-electron chi connectivity index (χ3n) is 9.21. The molecule has 0 unspecified atom stereocenters. The van der Waals surface area contributed by atoms with Gasteiger partial charge in [-0.15, -0.1) is 0 Å². The van der Waals surface area contributed by atoms with Crippen molar-refractivity contribution in [1.29, 1.82) is 0 Å². The van der Waals surface area contributed by atoms with Gasteiger partial charge in [0.15, 0.2) is 11.9 Å². The second-order valence-electron chi connectivity index (χ2n) is 14.9. The van der Waals surface area contributed by atoms with Gasteiger partial charge in [-0.3, -0.25) is 38.7 Å². The minimum absolute atomic E-state index is 0.115.